The van der Waals surface area contributed by atoms with Crippen LogP contribution in [0.2, 0.25) is 0 Å². The lowest BCUT2D eigenvalue weighted by atomic mass is 10.00. The molecule has 2 N–H and O–H groups in total. The summed E-state index contributed by atoms with van der Waals surface area (Å²) >= 11 is 1.47. The minimum Gasteiger partial charge on any atom is -0.481 e. The fraction of sp³-hybridized carbons (Fsp3) is 0.500. The summed E-state index contributed by atoms with van der Waals surface area (Å²) in [6.45, 7) is 4.19. The van der Waals surface area contributed by atoms with Gasteiger partial charge in [-0.15, -0.1) is 11.3 Å². The first-order chi connectivity index (χ1) is 12.5. The number of aliphatic carboxylic acids is 1. The smallest absolute Gasteiger partial charge is 0.338 e. The standard InChI is InChI=1S/C18H24N2O5S/c1-3-25-17(23)15-12(2)20(10-6-4-5-9-14(21)22)18(24)19-16(15)13-8-7-11-26-13/h7-8,11,16H,3-6,9-10H2,1-2H3,(H,19,24)(H,21,22). The van der Waals surface area contributed by atoms with Gasteiger partial charge in [0, 0.05) is 23.5 Å². The van der Waals surface area contributed by atoms with Gasteiger partial charge in [-0.05, 0) is 38.1 Å². The number of hydrogen-bond donors (Lipinski definition) is 2. The Balaban J connectivity index is 2.17. The number of nitrogens with zero attached hydrogens (tertiary/aromatic N) is 1. The Labute approximate surface area is 156 Å². The summed E-state index contributed by atoms with van der Waals surface area (Å²) in [5, 5.41) is 13.5. The van der Waals surface area contributed by atoms with E-state index in [1.807, 2.05) is 17.5 Å². The molecule has 2 rings (SSSR count). The molecule has 142 valence electrons. The second-order valence-electron chi connectivity index (χ2n) is 5.97. The van der Waals surface area contributed by atoms with Gasteiger partial charge in [-0.1, -0.05) is 12.5 Å². The molecule has 0 aromatic carbocycles. The highest BCUT2D eigenvalue weighted by atomic mass is 32.1. The van der Waals surface area contributed by atoms with E-state index in [0.717, 1.165) is 4.88 Å². The van der Waals surface area contributed by atoms with Crippen LogP contribution in [0, 0.1) is 0 Å². The van der Waals surface area contributed by atoms with Crippen LogP contribution in [0.15, 0.2) is 28.8 Å². The molecule has 0 bridgehead atoms. The molecule has 2 amide bonds. The molecular formula is C18H24N2O5S. The molecule has 0 fully saturated rings. The molecule has 0 aliphatic carbocycles. The number of unbranched alkanes of at least 4 members (excludes halogenated alkanes) is 2. The van der Waals surface area contributed by atoms with Crippen molar-refractivity contribution >= 4 is 29.3 Å². The van der Waals surface area contributed by atoms with Crippen molar-refractivity contribution in [2.75, 3.05) is 13.2 Å². The van der Waals surface area contributed by atoms with Gasteiger partial charge >= 0.3 is 18.0 Å². The maximum absolute atomic E-state index is 12.5. The van der Waals surface area contributed by atoms with E-state index in [9.17, 15) is 14.4 Å². The highest BCUT2D eigenvalue weighted by molar-refractivity contribution is 7.10. The van der Waals surface area contributed by atoms with Gasteiger partial charge in [0.15, 0.2) is 0 Å². The number of thiophene rings is 1. The Morgan fingerprint density at radius 1 is 1.35 bits per heavy atom. The summed E-state index contributed by atoms with van der Waals surface area (Å²) in [4.78, 5) is 38.0. The normalized spacial score (nSPS) is 17.2. The van der Waals surface area contributed by atoms with Crippen molar-refractivity contribution < 1.29 is 24.2 Å². The molecule has 1 aromatic heterocycles. The van der Waals surface area contributed by atoms with Crippen LogP contribution in [-0.2, 0) is 14.3 Å². The average molecular weight is 380 g/mol. The molecule has 0 saturated heterocycles. The molecular weight excluding hydrogens is 356 g/mol. The number of carbonyl (C=O) groups excluding carboxylic acids is 2. The molecule has 1 atom stereocenters. The number of rotatable bonds is 9. The summed E-state index contributed by atoms with van der Waals surface area (Å²) < 4.78 is 5.20. The first kappa shape index (κ1) is 20.0. The molecule has 0 radical (unpaired) electrons. The number of carbonyl (C=O) groups is 3. The Hall–Kier alpha value is -2.35. The van der Waals surface area contributed by atoms with Crippen LogP contribution in [0.25, 0.3) is 0 Å². The van der Waals surface area contributed by atoms with Crippen LogP contribution in [0.3, 0.4) is 0 Å². The summed E-state index contributed by atoms with van der Waals surface area (Å²) in [5.41, 5.74) is 1.03. The zero-order chi connectivity index (χ0) is 19.1. The summed E-state index contributed by atoms with van der Waals surface area (Å²) in [6.07, 6.45) is 2.05. The molecule has 1 aromatic rings. The first-order valence-corrected chi connectivity index (χ1v) is 9.54. The molecule has 1 aliphatic heterocycles. The third-order valence-electron chi connectivity index (χ3n) is 4.19. The third-order valence-corrected chi connectivity index (χ3v) is 5.13. The number of esters is 1. The lowest BCUT2D eigenvalue weighted by Gasteiger charge is -2.34. The quantitative estimate of drug-likeness (QED) is 0.506. The summed E-state index contributed by atoms with van der Waals surface area (Å²) in [5.74, 6) is -1.25. The van der Waals surface area contributed by atoms with Crippen molar-refractivity contribution in [1.29, 1.82) is 0 Å². The maximum atomic E-state index is 12.5. The van der Waals surface area contributed by atoms with Crippen LogP contribution >= 0.6 is 11.3 Å². The number of ether oxygens (including phenoxy) is 1. The SMILES string of the molecule is CCOC(=O)C1=C(C)N(CCCCCC(=O)O)C(=O)NC1c1cccs1. The number of carboxylic acid groups (broad SMARTS) is 1. The average Bonchev–Trinajstić information content (AvgIpc) is 3.10. The molecule has 2 heterocycles. The Kier molecular flexibility index (Phi) is 7.20. The number of amides is 2. The van der Waals surface area contributed by atoms with E-state index in [1.54, 1.807) is 13.8 Å². The van der Waals surface area contributed by atoms with Crippen molar-refractivity contribution in [3.05, 3.63) is 33.7 Å². The number of allylic oxidation sites excluding steroid dienone is 1. The van der Waals surface area contributed by atoms with Crippen molar-refractivity contribution in [2.45, 2.75) is 45.6 Å². The van der Waals surface area contributed by atoms with Crippen LogP contribution in [0.1, 0.15) is 50.4 Å². The first-order valence-electron chi connectivity index (χ1n) is 8.66. The van der Waals surface area contributed by atoms with Crippen LogP contribution in [0.5, 0.6) is 0 Å². The number of nitrogens with one attached hydrogen (secondary N) is 1. The Morgan fingerprint density at radius 2 is 2.12 bits per heavy atom. The van der Waals surface area contributed by atoms with E-state index >= 15 is 0 Å². The number of urea groups is 1. The van der Waals surface area contributed by atoms with Crippen LogP contribution in [0.4, 0.5) is 4.79 Å². The van der Waals surface area contributed by atoms with E-state index in [2.05, 4.69) is 5.32 Å². The fourth-order valence-corrected chi connectivity index (χ4v) is 3.70. The number of hydrogen-bond acceptors (Lipinski definition) is 5. The highest BCUT2D eigenvalue weighted by Crippen LogP contribution is 2.33. The molecule has 1 unspecified atom stereocenters. The Morgan fingerprint density at radius 3 is 2.73 bits per heavy atom. The van der Waals surface area contributed by atoms with Crippen LogP contribution < -0.4 is 5.32 Å². The highest BCUT2D eigenvalue weighted by Gasteiger charge is 2.36. The predicted octanol–water partition coefficient (Wildman–Crippen LogP) is 3.30. The molecule has 8 heteroatoms. The van der Waals surface area contributed by atoms with Crippen molar-refractivity contribution in [3.63, 3.8) is 0 Å². The van der Waals surface area contributed by atoms with Gasteiger partial charge in [-0.2, -0.15) is 0 Å². The fourth-order valence-electron chi connectivity index (χ4n) is 2.92. The van der Waals surface area contributed by atoms with Gasteiger partial charge in [0.25, 0.3) is 0 Å². The molecule has 0 spiro atoms. The Bertz CT molecular complexity index is 684. The molecule has 26 heavy (non-hydrogen) atoms. The summed E-state index contributed by atoms with van der Waals surface area (Å²) in [7, 11) is 0. The van der Waals surface area contributed by atoms with E-state index in [4.69, 9.17) is 9.84 Å². The van der Waals surface area contributed by atoms with E-state index in [-0.39, 0.29) is 19.1 Å². The van der Waals surface area contributed by atoms with Crippen LogP contribution in [-0.4, -0.2) is 41.1 Å². The lowest BCUT2D eigenvalue weighted by molar-refractivity contribution is -0.139. The monoisotopic (exact) mass is 380 g/mol. The maximum Gasteiger partial charge on any atom is 0.338 e. The van der Waals surface area contributed by atoms with E-state index < -0.39 is 18.0 Å². The van der Waals surface area contributed by atoms with E-state index in [1.165, 1.54) is 16.2 Å². The van der Waals surface area contributed by atoms with Crippen molar-refractivity contribution in [3.8, 4) is 0 Å². The van der Waals surface area contributed by atoms with Gasteiger partial charge < -0.3 is 15.2 Å². The van der Waals surface area contributed by atoms with Gasteiger partial charge in [-0.25, -0.2) is 9.59 Å². The molecule has 0 saturated carbocycles. The summed E-state index contributed by atoms with van der Waals surface area (Å²) in [6, 6.07) is 2.99. The van der Waals surface area contributed by atoms with Crippen molar-refractivity contribution in [2.24, 2.45) is 0 Å². The minimum absolute atomic E-state index is 0.121. The van der Waals surface area contributed by atoms with Gasteiger partial charge in [0.2, 0.25) is 0 Å². The lowest BCUT2D eigenvalue weighted by Crippen LogP contribution is -2.48. The minimum atomic E-state index is -0.819. The van der Waals surface area contributed by atoms with E-state index in [0.29, 0.717) is 37.1 Å². The largest absolute Gasteiger partial charge is 0.481 e. The van der Waals surface area contributed by atoms with Gasteiger partial charge in [0.05, 0.1) is 18.2 Å². The molecule has 1 aliphatic rings. The topological polar surface area (TPSA) is 95.9 Å². The third kappa shape index (κ3) is 4.85. The predicted molar refractivity (Wildman–Crippen MR) is 97.7 cm³/mol. The van der Waals surface area contributed by atoms with Crippen molar-refractivity contribution in [1.82, 2.24) is 10.2 Å². The zero-order valence-corrected chi connectivity index (χ0v) is 15.8. The zero-order valence-electron chi connectivity index (χ0n) is 15.0. The second kappa shape index (κ2) is 9.38. The van der Waals surface area contributed by atoms with Gasteiger partial charge in [0.1, 0.15) is 0 Å². The molecule has 7 nitrogen and oxygen atoms in total. The number of carboxylic acids is 1. The second-order valence-corrected chi connectivity index (χ2v) is 6.95. The van der Waals surface area contributed by atoms with Gasteiger partial charge in [-0.3, -0.25) is 9.69 Å².